The van der Waals surface area contributed by atoms with Crippen molar-refractivity contribution in [3.63, 3.8) is 0 Å². The van der Waals surface area contributed by atoms with Crippen molar-refractivity contribution in [1.29, 1.82) is 0 Å². The number of aryl methyl sites for hydroxylation is 1. The third-order valence-corrected chi connectivity index (χ3v) is 5.72. The van der Waals surface area contributed by atoms with Crippen LogP contribution < -0.4 is 10.2 Å². The number of hydrogen-bond donors (Lipinski definition) is 1. The number of nitrogens with one attached hydrogen (secondary N) is 1. The Balaban J connectivity index is 2.01. The van der Waals surface area contributed by atoms with E-state index < -0.39 is 23.2 Å². The highest BCUT2D eigenvalue weighted by Crippen LogP contribution is 2.34. The molecule has 0 bridgehead atoms. The summed E-state index contributed by atoms with van der Waals surface area (Å²) in [6, 6.07) is 5.83. The van der Waals surface area contributed by atoms with Crippen LogP contribution in [0.5, 0.6) is 0 Å². The lowest BCUT2D eigenvalue weighted by Crippen LogP contribution is -2.57. The number of halogens is 3. The smallest absolute Gasteiger partial charge is 0.353 e. The molecule has 3 rings (SSSR count). The molecule has 0 aromatic carbocycles. The molecule has 0 amide bonds. The van der Waals surface area contributed by atoms with Gasteiger partial charge < -0.3 is 10.2 Å². The van der Waals surface area contributed by atoms with Gasteiger partial charge in [0, 0.05) is 42.6 Å². The average Bonchev–Trinajstić information content (AvgIpc) is 2.72. The Hall–Kier alpha value is -2.48. The molecule has 2 atom stereocenters. The molecule has 0 spiro atoms. The predicted molar refractivity (Wildman–Crippen MR) is 119 cm³/mol. The summed E-state index contributed by atoms with van der Waals surface area (Å²) in [5.74, 6) is 0.129. The normalized spacial score (nSPS) is 19.4. The Bertz CT molecular complexity index is 945. The molecule has 0 radical (unpaired) electrons. The molecule has 1 aliphatic heterocycles. The Kier molecular flexibility index (Phi) is 7.54. The molecule has 174 valence electrons. The van der Waals surface area contributed by atoms with Crippen LogP contribution in [0.25, 0.3) is 0 Å². The molecular weight excluding hydrogens is 417 g/mol. The Morgan fingerprint density at radius 1 is 1.22 bits per heavy atom. The maximum absolute atomic E-state index is 13.7. The summed E-state index contributed by atoms with van der Waals surface area (Å²) in [5, 5.41) is 3.67. The van der Waals surface area contributed by atoms with Crippen molar-refractivity contribution in [3.05, 3.63) is 53.0 Å². The maximum Gasteiger partial charge on any atom is 0.418 e. The van der Waals surface area contributed by atoms with Gasteiger partial charge in [0.05, 0.1) is 5.56 Å². The number of alkyl halides is 3. The Morgan fingerprint density at radius 3 is 2.56 bits per heavy atom. The van der Waals surface area contributed by atoms with E-state index in [1.807, 2.05) is 4.90 Å². The molecule has 0 aliphatic carbocycles. The number of piperazine rings is 1. The fraction of sp³-hybridized carbons (Fsp3) is 0.542. The van der Waals surface area contributed by atoms with Crippen LogP contribution in [-0.2, 0) is 6.18 Å². The van der Waals surface area contributed by atoms with Crippen LogP contribution in [-0.4, -0.2) is 40.9 Å². The van der Waals surface area contributed by atoms with Gasteiger partial charge in [-0.25, -0.2) is 4.98 Å². The first-order valence-corrected chi connectivity index (χ1v) is 11.2. The van der Waals surface area contributed by atoms with Crippen LogP contribution in [0.3, 0.4) is 0 Å². The van der Waals surface area contributed by atoms with E-state index >= 15 is 0 Å². The SMILES string of the molecule is CCC[C@H]1CN(c2ccc(C(F)(F)F)c(C(=O)c3cccnc3C)n2)C[C@H](CC(C)C)N1. The van der Waals surface area contributed by atoms with Crippen molar-refractivity contribution >= 4 is 11.6 Å². The van der Waals surface area contributed by atoms with Crippen molar-refractivity contribution < 1.29 is 18.0 Å². The number of rotatable bonds is 7. The topological polar surface area (TPSA) is 58.1 Å². The van der Waals surface area contributed by atoms with E-state index in [4.69, 9.17) is 0 Å². The van der Waals surface area contributed by atoms with Gasteiger partial charge in [-0.05, 0) is 49.9 Å². The van der Waals surface area contributed by atoms with E-state index in [1.54, 1.807) is 13.0 Å². The molecule has 2 aromatic rings. The first-order valence-electron chi connectivity index (χ1n) is 11.2. The summed E-state index contributed by atoms with van der Waals surface area (Å²) in [4.78, 5) is 23.5. The van der Waals surface area contributed by atoms with Crippen molar-refractivity contribution in [2.24, 2.45) is 5.92 Å². The average molecular weight is 449 g/mol. The number of carbonyl (C=O) groups is 1. The molecule has 32 heavy (non-hydrogen) atoms. The number of anilines is 1. The zero-order chi connectivity index (χ0) is 23.5. The molecule has 5 nitrogen and oxygen atoms in total. The molecule has 1 N–H and O–H groups in total. The largest absolute Gasteiger partial charge is 0.418 e. The predicted octanol–water partition coefficient (Wildman–Crippen LogP) is 5.03. The molecule has 0 saturated carbocycles. The molecule has 2 aromatic heterocycles. The number of hydrogen-bond acceptors (Lipinski definition) is 5. The van der Waals surface area contributed by atoms with Gasteiger partial charge in [0.2, 0.25) is 5.78 Å². The van der Waals surface area contributed by atoms with Crippen LogP contribution in [0.1, 0.15) is 67.3 Å². The van der Waals surface area contributed by atoms with Crippen LogP contribution in [0.15, 0.2) is 30.5 Å². The van der Waals surface area contributed by atoms with Crippen molar-refractivity contribution in [2.75, 3.05) is 18.0 Å². The number of pyridine rings is 2. The van der Waals surface area contributed by atoms with Gasteiger partial charge in [-0.15, -0.1) is 0 Å². The van der Waals surface area contributed by atoms with Crippen molar-refractivity contribution in [3.8, 4) is 0 Å². The zero-order valence-electron chi connectivity index (χ0n) is 19.0. The first kappa shape index (κ1) is 24.2. The standard InChI is InChI=1S/C24H31F3N4O/c1-5-7-17-13-31(14-18(29-17)12-15(2)3)21-10-9-20(24(25,26)27)22(30-21)23(32)19-8-6-11-28-16(19)4/h6,8-11,15,17-18,29H,5,7,12-14H2,1-4H3/t17-,18-/m0/s1. The van der Waals surface area contributed by atoms with Crippen LogP contribution in [0.4, 0.5) is 19.0 Å². The fourth-order valence-corrected chi connectivity index (χ4v) is 4.35. The van der Waals surface area contributed by atoms with Gasteiger partial charge in [-0.2, -0.15) is 13.2 Å². The van der Waals surface area contributed by atoms with Crippen LogP contribution in [0, 0.1) is 12.8 Å². The number of carbonyl (C=O) groups excluding carboxylic acids is 1. The minimum absolute atomic E-state index is 0.129. The van der Waals surface area contributed by atoms with E-state index in [9.17, 15) is 18.0 Å². The monoisotopic (exact) mass is 448 g/mol. The second-order valence-corrected chi connectivity index (χ2v) is 8.91. The first-order chi connectivity index (χ1) is 15.1. The highest BCUT2D eigenvalue weighted by molar-refractivity contribution is 6.09. The molecule has 1 saturated heterocycles. The quantitative estimate of drug-likeness (QED) is 0.602. The number of nitrogens with zero attached hydrogens (tertiary/aromatic N) is 3. The minimum Gasteiger partial charge on any atom is -0.353 e. The van der Waals surface area contributed by atoms with Crippen LogP contribution >= 0.6 is 0 Å². The van der Waals surface area contributed by atoms with E-state index in [0.717, 1.165) is 25.3 Å². The lowest BCUT2D eigenvalue weighted by Gasteiger charge is -2.40. The summed E-state index contributed by atoms with van der Waals surface area (Å²) in [6.45, 7) is 9.29. The summed E-state index contributed by atoms with van der Waals surface area (Å²) >= 11 is 0. The molecule has 0 unspecified atom stereocenters. The molecule has 8 heteroatoms. The number of ketones is 1. The molecule has 1 fully saturated rings. The zero-order valence-corrected chi connectivity index (χ0v) is 19.0. The van der Waals surface area contributed by atoms with Gasteiger partial charge >= 0.3 is 6.18 Å². The lowest BCUT2D eigenvalue weighted by atomic mass is 9.98. The summed E-state index contributed by atoms with van der Waals surface area (Å²) < 4.78 is 41.2. The lowest BCUT2D eigenvalue weighted by molar-refractivity contribution is -0.138. The highest BCUT2D eigenvalue weighted by atomic mass is 19.4. The van der Waals surface area contributed by atoms with E-state index in [2.05, 4.69) is 36.1 Å². The number of aromatic nitrogens is 2. The molecule has 3 heterocycles. The van der Waals surface area contributed by atoms with Crippen molar-refractivity contribution in [2.45, 2.75) is 65.2 Å². The minimum atomic E-state index is -4.68. The molecular formula is C24H31F3N4O. The van der Waals surface area contributed by atoms with Gasteiger partial charge in [-0.1, -0.05) is 27.2 Å². The van der Waals surface area contributed by atoms with Gasteiger partial charge in [0.1, 0.15) is 11.5 Å². The van der Waals surface area contributed by atoms with Gasteiger partial charge in [-0.3, -0.25) is 9.78 Å². The van der Waals surface area contributed by atoms with Gasteiger partial charge in [0.15, 0.2) is 0 Å². The summed E-state index contributed by atoms with van der Waals surface area (Å²) in [5.41, 5.74) is -1.09. The van der Waals surface area contributed by atoms with Crippen LogP contribution in [0.2, 0.25) is 0 Å². The Morgan fingerprint density at radius 2 is 1.94 bits per heavy atom. The third kappa shape index (κ3) is 5.65. The van der Waals surface area contributed by atoms with E-state index in [-0.39, 0.29) is 17.6 Å². The van der Waals surface area contributed by atoms with E-state index in [1.165, 1.54) is 18.3 Å². The molecule has 1 aliphatic rings. The second kappa shape index (κ2) is 9.98. The Labute approximate surface area is 187 Å². The second-order valence-electron chi connectivity index (χ2n) is 8.91. The highest BCUT2D eigenvalue weighted by Gasteiger charge is 2.38. The van der Waals surface area contributed by atoms with Gasteiger partial charge in [0.25, 0.3) is 0 Å². The van der Waals surface area contributed by atoms with E-state index in [0.29, 0.717) is 30.5 Å². The third-order valence-electron chi connectivity index (χ3n) is 5.72. The summed E-state index contributed by atoms with van der Waals surface area (Å²) in [7, 11) is 0. The van der Waals surface area contributed by atoms with Crippen molar-refractivity contribution in [1.82, 2.24) is 15.3 Å². The fourth-order valence-electron chi connectivity index (χ4n) is 4.35. The summed E-state index contributed by atoms with van der Waals surface area (Å²) in [6.07, 6.45) is -0.250. The maximum atomic E-state index is 13.7.